The minimum absolute atomic E-state index is 0.0128. The zero-order valence-corrected chi connectivity index (χ0v) is 14.5. The van der Waals surface area contributed by atoms with E-state index in [1.165, 1.54) is 0 Å². The highest BCUT2D eigenvalue weighted by Gasteiger charge is 2.47. The van der Waals surface area contributed by atoms with Crippen LogP contribution < -0.4 is 9.80 Å². The lowest BCUT2D eigenvalue weighted by Crippen LogP contribution is -2.49. The van der Waals surface area contributed by atoms with Gasteiger partial charge in [-0.2, -0.15) is 0 Å². The SMILES string of the molecule is [C-]#[N+]c1c(N2CCC2C)nc(N2CC(CC(=O)O)C2)c2c1C(F)(F)CC2. The Hall–Kier alpha value is -2.43. The zero-order chi connectivity index (χ0) is 18.6. The molecule has 138 valence electrons. The van der Waals surface area contributed by atoms with Gasteiger partial charge in [0.15, 0.2) is 0 Å². The summed E-state index contributed by atoms with van der Waals surface area (Å²) >= 11 is 0. The molecule has 2 fully saturated rings. The van der Waals surface area contributed by atoms with Gasteiger partial charge in [0.05, 0.1) is 13.0 Å². The molecule has 6 nitrogen and oxygen atoms in total. The second kappa shape index (κ2) is 5.79. The topological polar surface area (TPSA) is 61.0 Å². The Morgan fingerprint density at radius 1 is 1.42 bits per heavy atom. The maximum atomic E-state index is 14.6. The predicted octanol–water partition coefficient (Wildman–Crippen LogP) is 3.18. The van der Waals surface area contributed by atoms with E-state index in [0.717, 1.165) is 6.42 Å². The van der Waals surface area contributed by atoms with Crippen LogP contribution in [0.15, 0.2) is 0 Å². The van der Waals surface area contributed by atoms with Crippen LogP contribution in [0.2, 0.25) is 0 Å². The second-order valence-electron chi connectivity index (χ2n) is 7.48. The third kappa shape index (κ3) is 2.49. The lowest BCUT2D eigenvalue weighted by Gasteiger charge is -2.44. The van der Waals surface area contributed by atoms with Gasteiger partial charge in [0.25, 0.3) is 5.92 Å². The first-order valence-electron chi connectivity index (χ1n) is 8.88. The lowest BCUT2D eigenvalue weighted by atomic mass is 9.95. The molecule has 8 heteroatoms. The fraction of sp³-hybridized carbons (Fsp3) is 0.611. The van der Waals surface area contributed by atoms with Gasteiger partial charge in [0.1, 0.15) is 11.6 Å². The van der Waals surface area contributed by atoms with E-state index in [-0.39, 0.29) is 42.5 Å². The molecular formula is C18H20F2N4O2. The van der Waals surface area contributed by atoms with Crippen molar-refractivity contribution in [2.45, 2.75) is 44.6 Å². The fourth-order valence-corrected chi connectivity index (χ4v) is 4.14. The minimum Gasteiger partial charge on any atom is -0.481 e. The minimum atomic E-state index is -3.01. The molecular weight excluding hydrogens is 342 g/mol. The number of carboxylic acid groups (broad SMARTS) is 1. The highest BCUT2D eigenvalue weighted by molar-refractivity contribution is 5.80. The van der Waals surface area contributed by atoms with Gasteiger partial charge < -0.3 is 14.9 Å². The Kier molecular flexibility index (Phi) is 3.79. The fourth-order valence-electron chi connectivity index (χ4n) is 4.14. The van der Waals surface area contributed by atoms with E-state index in [1.807, 2.05) is 16.7 Å². The van der Waals surface area contributed by atoms with Crippen LogP contribution in [-0.2, 0) is 17.1 Å². The number of rotatable bonds is 4. The molecule has 1 N–H and O–H groups in total. The Bertz CT molecular complexity index is 814. The van der Waals surface area contributed by atoms with Gasteiger partial charge in [-0.1, -0.05) is 0 Å². The van der Waals surface area contributed by atoms with E-state index in [2.05, 4.69) is 9.83 Å². The smallest absolute Gasteiger partial charge is 0.303 e. The van der Waals surface area contributed by atoms with E-state index in [4.69, 9.17) is 11.7 Å². The van der Waals surface area contributed by atoms with Gasteiger partial charge in [-0.05, 0) is 25.3 Å². The van der Waals surface area contributed by atoms with E-state index >= 15 is 0 Å². The molecule has 3 heterocycles. The summed E-state index contributed by atoms with van der Waals surface area (Å²) in [5.74, 6) is -2.98. The summed E-state index contributed by atoms with van der Waals surface area (Å²) in [7, 11) is 0. The van der Waals surface area contributed by atoms with E-state index in [9.17, 15) is 13.6 Å². The first-order chi connectivity index (χ1) is 12.3. The summed E-state index contributed by atoms with van der Waals surface area (Å²) in [6.45, 7) is 11.2. The summed E-state index contributed by atoms with van der Waals surface area (Å²) in [6, 6.07) is 0.181. The number of anilines is 2. The lowest BCUT2D eigenvalue weighted by molar-refractivity contribution is -0.138. The van der Waals surface area contributed by atoms with Gasteiger partial charge in [0, 0.05) is 43.6 Å². The Balaban J connectivity index is 1.76. The first kappa shape index (κ1) is 17.0. The van der Waals surface area contributed by atoms with E-state index in [0.29, 0.717) is 36.8 Å². The van der Waals surface area contributed by atoms with Crippen LogP contribution in [0.4, 0.5) is 26.1 Å². The summed E-state index contributed by atoms with van der Waals surface area (Å²) < 4.78 is 29.2. The number of nitrogens with zero attached hydrogens (tertiary/aromatic N) is 4. The van der Waals surface area contributed by atoms with Crippen LogP contribution >= 0.6 is 0 Å². The van der Waals surface area contributed by atoms with E-state index in [1.54, 1.807) is 0 Å². The molecule has 1 aromatic heterocycles. The van der Waals surface area contributed by atoms with Gasteiger partial charge in [-0.15, -0.1) is 0 Å². The maximum absolute atomic E-state index is 14.6. The van der Waals surface area contributed by atoms with Crippen molar-refractivity contribution in [2.75, 3.05) is 29.4 Å². The molecule has 0 amide bonds. The van der Waals surface area contributed by atoms with E-state index < -0.39 is 11.9 Å². The van der Waals surface area contributed by atoms with Crippen LogP contribution in [0.3, 0.4) is 0 Å². The monoisotopic (exact) mass is 362 g/mol. The van der Waals surface area contributed by atoms with Gasteiger partial charge in [0.2, 0.25) is 5.69 Å². The van der Waals surface area contributed by atoms with Crippen molar-refractivity contribution in [3.63, 3.8) is 0 Å². The zero-order valence-electron chi connectivity index (χ0n) is 14.5. The molecule has 0 aromatic carbocycles. The molecule has 1 unspecified atom stereocenters. The maximum Gasteiger partial charge on any atom is 0.303 e. The van der Waals surface area contributed by atoms with Crippen LogP contribution in [0, 0.1) is 12.5 Å². The molecule has 1 aliphatic carbocycles. The largest absolute Gasteiger partial charge is 0.481 e. The number of alkyl halides is 2. The summed E-state index contributed by atoms with van der Waals surface area (Å²) in [4.78, 5) is 22.7. The number of pyridine rings is 1. The van der Waals surface area contributed by atoms with Crippen LogP contribution in [-0.4, -0.2) is 41.7 Å². The first-order valence-corrected chi connectivity index (χ1v) is 8.88. The van der Waals surface area contributed by atoms with Crippen molar-refractivity contribution >= 4 is 23.3 Å². The number of hydrogen-bond acceptors (Lipinski definition) is 4. The molecule has 0 radical (unpaired) electrons. The summed E-state index contributed by atoms with van der Waals surface area (Å²) in [5, 5.41) is 8.91. The summed E-state index contributed by atoms with van der Waals surface area (Å²) in [6.07, 6.45) is 0.922. The predicted molar refractivity (Wildman–Crippen MR) is 92.1 cm³/mol. The highest BCUT2D eigenvalue weighted by Crippen LogP contribution is 2.53. The number of hydrogen-bond donors (Lipinski definition) is 1. The van der Waals surface area contributed by atoms with Crippen LogP contribution in [0.1, 0.15) is 37.3 Å². The molecule has 3 aliphatic rings. The molecule has 4 rings (SSSR count). The van der Waals surface area contributed by atoms with Crippen molar-refractivity contribution in [1.29, 1.82) is 0 Å². The Morgan fingerprint density at radius 3 is 2.69 bits per heavy atom. The van der Waals surface area contributed by atoms with Gasteiger partial charge in [-0.3, -0.25) is 4.79 Å². The number of halogens is 2. The Labute approximate surface area is 150 Å². The third-order valence-corrected chi connectivity index (χ3v) is 5.71. The van der Waals surface area contributed by atoms with Crippen molar-refractivity contribution in [3.05, 3.63) is 22.5 Å². The van der Waals surface area contributed by atoms with Crippen molar-refractivity contribution in [2.24, 2.45) is 5.92 Å². The Morgan fingerprint density at radius 2 is 2.15 bits per heavy atom. The average molecular weight is 362 g/mol. The molecule has 0 spiro atoms. The molecule has 26 heavy (non-hydrogen) atoms. The number of carboxylic acids is 1. The third-order valence-electron chi connectivity index (χ3n) is 5.71. The highest BCUT2D eigenvalue weighted by atomic mass is 19.3. The van der Waals surface area contributed by atoms with Crippen LogP contribution in [0.5, 0.6) is 0 Å². The van der Waals surface area contributed by atoms with Gasteiger partial charge >= 0.3 is 5.97 Å². The normalized spacial score (nSPS) is 23.8. The second-order valence-corrected chi connectivity index (χ2v) is 7.48. The van der Waals surface area contributed by atoms with Gasteiger partial charge in [-0.25, -0.2) is 18.6 Å². The quantitative estimate of drug-likeness (QED) is 0.834. The van der Waals surface area contributed by atoms with Crippen molar-refractivity contribution < 1.29 is 18.7 Å². The molecule has 0 bridgehead atoms. The number of fused-ring (bicyclic) bond motifs is 1. The van der Waals surface area contributed by atoms with Crippen molar-refractivity contribution in [3.8, 4) is 0 Å². The number of aliphatic carboxylic acids is 1. The molecule has 0 saturated carbocycles. The summed E-state index contributed by atoms with van der Waals surface area (Å²) in [5.41, 5.74) is 0.292. The standard InChI is InChI=1S/C18H20F2N4O2/c1-10-4-6-24(10)17-15(21-2)14-12(3-5-18(14,19)20)16(22-17)23-8-11(9-23)7-13(25)26/h10-11H,3-9H2,1H3,(H,25,26). The molecule has 2 aliphatic heterocycles. The number of aromatic nitrogens is 1. The molecule has 1 atom stereocenters. The van der Waals surface area contributed by atoms with Crippen molar-refractivity contribution in [1.82, 2.24) is 4.98 Å². The average Bonchev–Trinajstić information content (AvgIpc) is 2.84. The van der Waals surface area contributed by atoms with Crippen LogP contribution in [0.25, 0.3) is 4.85 Å². The molecule has 2 saturated heterocycles. The number of carbonyl (C=O) groups is 1. The molecule has 1 aromatic rings.